The number of azide groups is 1. The number of aliphatic hydroxyl groups excluding tert-OH is 1. The monoisotopic (exact) mass is 867 g/mol. The molecular weight excluding hydrogens is 815 g/mol. The number of aliphatic hydroxyl groups is 1. The van der Waals surface area contributed by atoms with E-state index in [9.17, 15) is 20.2 Å². The summed E-state index contributed by atoms with van der Waals surface area (Å²) < 4.78 is 62.5. The normalized spacial score (nSPS) is 27.9. The third-order valence-electron chi connectivity index (χ3n) is 10.9. The van der Waals surface area contributed by atoms with Crippen LogP contribution in [0.15, 0.2) is 126 Å². The highest BCUT2D eigenvalue weighted by molar-refractivity contribution is 5.89. The Labute approximate surface area is 365 Å². The number of methoxy groups -OCH3 is 1. The van der Waals surface area contributed by atoms with Crippen LogP contribution in [0.2, 0.25) is 0 Å². The van der Waals surface area contributed by atoms with E-state index >= 15 is 0 Å². The van der Waals surface area contributed by atoms with Gasteiger partial charge in [0.15, 0.2) is 25.0 Å². The Kier molecular flexibility index (Phi) is 17.0. The van der Waals surface area contributed by atoms with Gasteiger partial charge in [-0.3, -0.25) is 4.79 Å². The van der Waals surface area contributed by atoms with Crippen molar-refractivity contribution in [3.05, 3.63) is 154 Å². The second kappa shape index (κ2) is 23.5. The van der Waals surface area contributed by atoms with Crippen LogP contribution in [-0.4, -0.2) is 105 Å². The molecule has 3 heterocycles. The summed E-state index contributed by atoms with van der Waals surface area (Å²) in [6.07, 6.45) is -9.21. The maximum Gasteiger partial charge on any atom is 0.338 e. The lowest BCUT2D eigenvalue weighted by Gasteiger charge is -2.50. The molecular formula is C47H53N3O13. The van der Waals surface area contributed by atoms with E-state index in [0.717, 1.165) is 16.7 Å². The summed E-state index contributed by atoms with van der Waals surface area (Å²) in [5, 5.41) is 16.2. The van der Waals surface area contributed by atoms with Gasteiger partial charge in [0.25, 0.3) is 0 Å². The van der Waals surface area contributed by atoms with Crippen LogP contribution < -0.4 is 0 Å². The van der Waals surface area contributed by atoms with E-state index in [1.807, 2.05) is 91.0 Å². The minimum Gasteiger partial charge on any atom is -0.469 e. The fourth-order valence-corrected chi connectivity index (χ4v) is 7.67. The first kappa shape index (κ1) is 45.8. The van der Waals surface area contributed by atoms with Crippen LogP contribution in [0.1, 0.15) is 59.0 Å². The van der Waals surface area contributed by atoms with Gasteiger partial charge in [-0.25, -0.2) is 4.79 Å². The van der Waals surface area contributed by atoms with Gasteiger partial charge in [0.05, 0.1) is 39.1 Å². The van der Waals surface area contributed by atoms with Gasteiger partial charge >= 0.3 is 11.9 Å². The topological polar surface area (TPSA) is 195 Å². The number of nitrogens with zero attached hydrogens (tertiary/aromatic N) is 3. The van der Waals surface area contributed by atoms with Crippen molar-refractivity contribution < 1.29 is 62.1 Å². The van der Waals surface area contributed by atoms with E-state index in [1.165, 1.54) is 7.11 Å². The molecule has 4 aromatic rings. The fraction of sp³-hybridized carbons (Fsp3) is 0.447. The Hall–Kier alpha value is -5.23. The number of carbonyl (C=O) groups excluding carboxylic acids is 2. The third kappa shape index (κ3) is 12.5. The smallest absolute Gasteiger partial charge is 0.338 e. The zero-order chi connectivity index (χ0) is 43.8. The van der Waals surface area contributed by atoms with Crippen molar-refractivity contribution in [1.82, 2.24) is 0 Å². The van der Waals surface area contributed by atoms with E-state index in [2.05, 4.69) is 10.0 Å². The average molecular weight is 868 g/mol. The number of ether oxygens (including phenoxy) is 10. The third-order valence-corrected chi connectivity index (χ3v) is 10.9. The number of carbonyl (C=O) groups is 2. The maximum atomic E-state index is 13.9. The molecule has 3 saturated heterocycles. The lowest BCUT2D eigenvalue weighted by atomic mass is 9.94. The SMILES string of the molecule is COC(=O)CCCCCO[C@H]1O[C@@H]2CO[C@H](c3ccccc3)O[C@@H]2[C@H](O[C@@H]2O[C@H](COCc3ccccc3)[C@H](O)[C@H](OCc3ccccc3)[C@H]2OC(=O)c2ccccc2)[C@H]1N=[N+]=[N-]. The van der Waals surface area contributed by atoms with Crippen LogP contribution in [0.3, 0.4) is 0 Å². The number of benzene rings is 4. The molecule has 1 N–H and O–H groups in total. The molecule has 16 nitrogen and oxygen atoms in total. The first-order valence-corrected chi connectivity index (χ1v) is 21.1. The van der Waals surface area contributed by atoms with Crippen LogP contribution in [0.4, 0.5) is 0 Å². The molecule has 334 valence electrons. The molecule has 11 atom stereocenters. The predicted molar refractivity (Wildman–Crippen MR) is 224 cm³/mol. The number of fused-ring (bicyclic) bond motifs is 1. The molecule has 0 amide bonds. The van der Waals surface area contributed by atoms with Crippen molar-refractivity contribution in [2.45, 2.75) is 107 Å². The minimum atomic E-state index is -1.45. The Morgan fingerprint density at radius 3 is 2.11 bits per heavy atom. The summed E-state index contributed by atoms with van der Waals surface area (Å²) in [7, 11) is 1.35. The standard InChI is InChI=1S/C47H53N3O13/c1-54-37(51)25-15-6-16-26-56-46-38(49-50-48)41(40-36(60-46)30-58-45(62-40)34-23-13-5-14-24-34)63-47-43(61-44(53)33-21-11-4-12-22-33)42(57-28-32-19-9-3-10-20-32)39(52)35(59-47)29-55-27-31-17-7-2-8-18-31/h2-5,7-14,17-24,35-36,38-43,45-47,52H,6,15-16,25-30H2,1H3/t35-,36-,38-,39+,40+,41-,42+,43-,45+,46+,47+/m1/s1. The first-order valence-electron chi connectivity index (χ1n) is 21.1. The van der Waals surface area contributed by atoms with Gasteiger partial charge < -0.3 is 52.5 Å². The van der Waals surface area contributed by atoms with E-state index in [1.54, 1.807) is 30.3 Å². The van der Waals surface area contributed by atoms with Crippen LogP contribution in [0, 0.1) is 0 Å². The van der Waals surface area contributed by atoms with Gasteiger partial charge in [0, 0.05) is 23.5 Å². The number of esters is 2. The van der Waals surface area contributed by atoms with Crippen molar-refractivity contribution in [3.8, 4) is 0 Å². The average Bonchev–Trinajstić information content (AvgIpc) is 3.33. The van der Waals surface area contributed by atoms with Gasteiger partial charge in [0.2, 0.25) is 0 Å². The highest BCUT2D eigenvalue weighted by Crippen LogP contribution is 2.39. The molecule has 0 bridgehead atoms. The molecule has 0 aliphatic carbocycles. The second-order valence-electron chi connectivity index (χ2n) is 15.3. The largest absolute Gasteiger partial charge is 0.469 e. The molecule has 3 fully saturated rings. The second-order valence-corrected chi connectivity index (χ2v) is 15.3. The molecule has 3 aliphatic heterocycles. The van der Waals surface area contributed by atoms with E-state index in [4.69, 9.17) is 47.4 Å². The quantitative estimate of drug-likeness (QED) is 0.0322. The zero-order valence-corrected chi connectivity index (χ0v) is 34.9. The molecule has 0 unspecified atom stereocenters. The maximum absolute atomic E-state index is 13.9. The summed E-state index contributed by atoms with van der Waals surface area (Å²) >= 11 is 0. The number of unbranched alkanes of at least 4 members (excludes halogenated alkanes) is 2. The summed E-state index contributed by atoms with van der Waals surface area (Å²) in [4.78, 5) is 28.7. The van der Waals surface area contributed by atoms with E-state index in [-0.39, 0.29) is 51.0 Å². The Morgan fingerprint density at radius 2 is 1.43 bits per heavy atom. The summed E-state index contributed by atoms with van der Waals surface area (Å²) in [5.74, 6) is -1.01. The highest BCUT2D eigenvalue weighted by atomic mass is 16.8. The molecule has 0 radical (unpaired) electrons. The minimum absolute atomic E-state index is 0.0460. The van der Waals surface area contributed by atoms with Crippen molar-refractivity contribution in [2.24, 2.45) is 5.11 Å². The number of hydrogen-bond acceptors (Lipinski definition) is 14. The Morgan fingerprint density at radius 1 is 0.762 bits per heavy atom. The molecule has 63 heavy (non-hydrogen) atoms. The molecule has 0 saturated carbocycles. The molecule has 4 aromatic carbocycles. The molecule has 3 aliphatic rings. The predicted octanol–water partition coefficient (Wildman–Crippen LogP) is 6.75. The summed E-state index contributed by atoms with van der Waals surface area (Å²) in [6, 6.07) is 35.5. The van der Waals surface area contributed by atoms with Gasteiger partial charge in [-0.1, -0.05) is 121 Å². The highest BCUT2D eigenvalue weighted by Gasteiger charge is 2.55. The van der Waals surface area contributed by atoms with Gasteiger partial charge in [-0.2, -0.15) is 0 Å². The Bertz CT molecular complexity index is 2050. The lowest BCUT2D eigenvalue weighted by molar-refractivity contribution is -0.377. The van der Waals surface area contributed by atoms with Crippen LogP contribution in [0.5, 0.6) is 0 Å². The molecule has 0 aromatic heterocycles. The van der Waals surface area contributed by atoms with Gasteiger partial charge in [0.1, 0.15) is 42.7 Å². The van der Waals surface area contributed by atoms with Gasteiger partial charge in [-0.15, -0.1) is 0 Å². The van der Waals surface area contributed by atoms with Crippen molar-refractivity contribution >= 4 is 11.9 Å². The summed E-state index contributed by atoms with van der Waals surface area (Å²) in [5.41, 5.74) is 12.7. The van der Waals surface area contributed by atoms with E-state index < -0.39 is 73.6 Å². The first-order chi connectivity index (χ1) is 30.9. The van der Waals surface area contributed by atoms with Crippen LogP contribution in [0.25, 0.3) is 10.4 Å². The molecule has 16 heteroatoms. The number of hydrogen-bond donors (Lipinski definition) is 1. The molecule has 7 rings (SSSR count). The van der Waals surface area contributed by atoms with Crippen molar-refractivity contribution in [1.29, 1.82) is 0 Å². The number of rotatable bonds is 20. The zero-order valence-electron chi connectivity index (χ0n) is 34.9. The van der Waals surface area contributed by atoms with Crippen molar-refractivity contribution in [2.75, 3.05) is 26.9 Å². The van der Waals surface area contributed by atoms with Gasteiger partial charge in [-0.05, 0) is 41.6 Å². The van der Waals surface area contributed by atoms with Crippen LogP contribution in [-0.2, 0) is 65.4 Å². The fourth-order valence-electron chi connectivity index (χ4n) is 7.67. The van der Waals surface area contributed by atoms with Crippen molar-refractivity contribution in [3.63, 3.8) is 0 Å². The van der Waals surface area contributed by atoms with E-state index in [0.29, 0.717) is 19.3 Å². The lowest BCUT2D eigenvalue weighted by Crippen LogP contribution is -2.66. The summed E-state index contributed by atoms with van der Waals surface area (Å²) in [6.45, 7) is 0.426. The Balaban J connectivity index is 1.21. The molecule has 0 spiro atoms. The van der Waals surface area contributed by atoms with Crippen LogP contribution >= 0.6 is 0 Å².